The maximum atomic E-state index is 12.0. The van der Waals surface area contributed by atoms with E-state index < -0.39 is 0 Å². The number of hydrogen-bond acceptors (Lipinski definition) is 3. The minimum Gasteiger partial charge on any atom is -0.495 e. The van der Waals surface area contributed by atoms with E-state index in [1.54, 1.807) is 36.0 Å². The van der Waals surface area contributed by atoms with Crippen molar-refractivity contribution < 1.29 is 9.53 Å². The normalized spacial score (nSPS) is 10.3. The molecule has 1 amide bonds. The van der Waals surface area contributed by atoms with Crippen LogP contribution in [0.25, 0.3) is 0 Å². The van der Waals surface area contributed by atoms with Gasteiger partial charge in [0.15, 0.2) is 5.69 Å². The number of nitrogens with one attached hydrogen (secondary N) is 1. The molecule has 0 radical (unpaired) electrons. The third-order valence-electron chi connectivity index (χ3n) is 2.76. The van der Waals surface area contributed by atoms with Crippen LogP contribution in [0, 0.1) is 6.92 Å². The van der Waals surface area contributed by atoms with Gasteiger partial charge in [-0.05, 0) is 31.2 Å². The van der Waals surface area contributed by atoms with Crippen molar-refractivity contribution in [3.8, 4) is 5.75 Å². The number of carbonyl (C=O) groups is 1. The van der Waals surface area contributed by atoms with E-state index in [9.17, 15) is 4.79 Å². The van der Waals surface area contributed by atoms with Gasteiger partial charge in [-0.3, -0.25) is 9.48 Å². The smallest absolute Gasteiger partial charge is 0.276 e. The Bertz CT molecular complexity index is 603. The summed E-state index contributed by atoms with van der Waals surface area (Å²) in [5.74, 6) is 0.290. The van der Waals surface area contributed by atoms with Gasteiger partial charge in [0.1, 0.15) is 5.75 Å². The molecule has 0 aliphatic heterocycles. The third-order valence-corrected chi connectivity index (χ3v) is 3.05. The summed E-state index contributed by atoms with van der Waals surface area (Å²) in [6, 6.07) is 6.77. The number of amides is 1. The van der Waals surface area contributed by atoms with Crippen LogP contribution >= 0.6 is 11.6 Å². The summed E-state index contributed by atoms with van der Waals surface area (Å²) in [5.41, 5.74) is 1.88. The molecular formula is C13H14ClN3O2. The van der Waals surface area contributed by atoms with Crippen LogP contribution in [-0.2, 0) is 7.05 Å². The molecule has 0 atom stereocenters. The van der Waals surface area contributed by atoms with E-state index in [0.717, 1.165) is 5.69 Å². The van der Waals surface area contributed by atoms with Crippen LogP contribution in [-0.4, -0.2) is 22.8 Å². The number of halogens is 1. The van der Waals surface area contributed by atoms with Crippen molar-refractivity contribution in [1.82, 2.24) is 9.78 Å². The van der Waals surface area contributed by atoms with E-state index in [1.807, 2.05) is 6.92 Å². The molecule has 0 saturated heterocycles. The van der Waals surface area contributed by atoms with Gasteiger partial charge in [0.25, 0.3) is 5.91 Å². The lowest BCUT2D eigenvalue weighted by Crippen LogP contribution is -2.13. The molecule has 0 aliphatic rings. The molecule has 1 aromatic heterocycles. The summed E-state index contributed by atoms with van der Waals surface area (Å²) in [6.45, 7) is 1.88. The molecular weight excluding hydrogens is 266 g/mol. The first-order valence-corrected chi connectivity index (χ1v) is 6.04. The first kappa shape index (κ1) is 13.4. The van der Waals surface area contributed by atoms with Gasteiger partial charge >= 0.3 is 0 Å². The molecule has 1 heterocycles. The number of benzene rings is 1. The summed E-state index contributed by atoms with van der Waals surface area (Å²) in [6.07, 6.45) is 0. The molecule has 1 aromatic carbocycles. The molecule has 0 saturated carbocycles. The Morgan fingerprint density at radius 1 is 1.42 bits per heavy atom. The van der Waals surface area contributed by atoms with Gasteiger partial charge < -0.3 is 10.1 Å². The Morgan fingerprint density at radius 2 is 2.16 bits per heavy atom. The predicted molar refractivity (Wildman–Crippen MR) is 73.9 cm³/mol. The maximum Gasteiger partial charge on any atom is 0.276 e. The van der Waals surface area contributed by atoms with Crippen LogP contribution in [0.3, 0.4) is 0 Å². The molecule has 2 aromatic rings. The van der Waals surface area contributed by atoms with E-state index >= 15 is 0 Å². The number of nitrogens with zero attached hydrogens (tertiary/aromatic N) is 2. The number of aromatic nitrogens is 2. The van der Waals surface area contributed by atoms with Gasteiger partial charge in [-0.15, -0.1) is 0 Å². The van der Waals surface area contributed by atoms with E-state index in [1.165, 1.54) is 7.11 Å². The number of ether oxygens (including phenoxy) is 1. The van der Waals surface area contributed by atoms with E-state index in [0.29, 0.717) is 22.2 Å². The summed E-state index contributed by atoms with van der Waals surface area (Å²) >= 11 is 5.99. The number of aryl methyl sites for hydroxylation is 2. The predicted octanol–water partition coefficient (Wildman–Crippen LogP) is 2.64. The topological polar surface area (TPSA) is 56.1 Å². The Morgan fingerprint density at radius 3 is 2.68 bits per heavy atom. The van der Waals surface area contributed by atoms with Gasteiger partial charge in [-0.2, -0.15) is 5.10 Å². The van der Waals surface area contributed by atoms with E-state index in [2.05, 4.69) is 10.4 Å². The second-order valence-corrected chi connectivity index (χ2v) is 4.51. The molecule has 100 valence electrons. The van der Waals surface area contributed by atoms with Crippen LogP contribution in [0.2, 0.25) is 5.02 Å². The monoisotopic (exact) mass is 279 g/mol. The highest BCUT2D eigenvalue weighted by Crippen LogP contribution is 2.27. The fourth-order valence-corrected chi connectivity index (χ4v) is 1.87. The minimum atomic E-state index is -0.273. The van der Waals surface area contributed by atoms with Gasteiger partial charge in [-0.1, -0.05) is 11.6 Å². The van der Waals surface area contributed by atoms with Crippen LogP contribution in [0.5, 0.6) is 5.75 Å². The number of hydrogen-bond donors (Lipinski definition) is 1. The highest BCUT2D eigenvalue weighted by molar-refractivity contribution is 6.32. The van der Waals surface area contributed by atoms with Crippen molar-refractivity contribution >= 4 is 23.2 Å². The molecule has 6 heteroatoms. The fourth-order valence-electron chi connectivity index (χ4n) is 1.61. The summed E-state index contributed by atoms with van der Waals surface area (Å²) < 4.78 is 6.70. The Balaban J connectivity index is 2.17. The quantitative estimate of drug-likeness (QED) is 0.940. The second-order valence-electron chi connectivity index (χ2n) is 4.10. The first-order chi connectivity index (χ1) is 9.01. The minimum absolute atomic E-state index is 0.273. The first-order valence-electron chi connectivity index (χ1n) is 5.67. The van der Waals surface area contributed by atoms with Crippen molar-refractivity contribution in [1.29, 1.82) is 0 Å². The zero-order chi connectivity index (χ0) is 14.0. The van der Waals surface area contributed by atoms with Crippen molar-refractivity contribution in [3.63, 3.8) is 0 Å². The number of carbonyl (C=O) groups excluding carboxylic acids is 1. The molecule has 0 spiro atoms. The van der Waals surface area contributed by atoms with Crippen LogP contribution in [0.15, 0.2) is 24.3 Å². The fraction of sp³-hybridized carbons (Fsp3) is 0.231. The standard InChI is InChI=1S/C13H14ClN3O2/c1-8-6-11(16-17(8)2)13(18)15-9-4-5-12(19-3)10(14)7-9/h4-7H,1-3H3,(H,15,18). The number of rotatable bonds is 3. The van der Waals surface area contributed by atoms with E-state index in [-0.39, 0.29) is 5.91 Å². The summed E-state index contributed by atoms with van der Waals surface area (Å²) in [4.78, 5) is 12.0. The van der Waals surface area contributed by atoms with E-state index in [4.69, 9.17) is 16.3 Å². The lowest BCUT2D eigenvalue weighted by atomic mass is 10.3. The third kappa shape index (κ3) is 2.88. The number of anilines is 1. The summed E-state index contributed by atoms with van der Waals surface area (Å²) in [7, 11) is 3.33. The van der Waals surface area contributed by atoms with Crippen molar-refractivity contribution in [2.45, 2.75) is 6.92 Å². The molecule has 0 unspecified atom stereocenters. The van der Waals surface area contributed by atoms with Crippen molar-refractivity contribution in [3.05, 3.63) is 40.7 Å². The zero-order valence-corrected chi connectivity index (χ0v) is 11.7. The molecule has 19 heavy (non-hydrogen) atoms. The lowest BCUT2D eigenvalue weighted by molar-refractivity contribution is 0.102. The molecule has 0 fully saturated rings. The van der Waals surface area contributed by atoms with Gasteiger partial charge in [0, 0.05) is 18.4 Å². The van der Waals surface area contributed by atoms with Crippen LogP contribution < -0.4 is 10.1 Å². The Hall–Kier alpha value is -2.01. The lowest BCUT2D eigenvalue weighted by Gasteiger charge is -2.06. The van der Waals surface area contributed by atoms with Gasteiger partial charge in [0.2, 0.25) is 0 Å². The Labute approximate surface area is 116 Å². The second kappa shape index (κ2) is 5.32. The summed E-state index contributed by atoms with van der Waals surface area (Å²) in [5, 5.41) is 7.29. The highest BCUT2D eigenvalue weighted by Gasteiger charge is 2.12. The van der Waals surface area contributed by atoms with Crippen molar-refractivity contribution in [2.24, 2.45) is 7.05 Å². The molecule has 1 N–H and O–H groups in total. The van der Waals surface area contributed by atoms with Gasteiger partial charge in [0.05, 0.1) is 12.1 Å². The van der Waals surface area contributed by atoms with Crippen LogP contribution in [0.1, 0.15) is 16.2 Å². The zero-order valence-electron chi connectivity index (χ0n) is 10.9. The highest BCUT2D eigenvalue weighted by atomic mass is 35.5. The molecule has 0 bridgehead atoms. The SMILES string of the molecule is COc1ccc(NC(=O)c2cc(C)n(C)n2)cc1Cl. The Kier molecular flexibility index (Phi) is 3.76. The molecule has 0 aliphatic carbocycles. The molecule has 2 rings (SSSR count). The number of methoxy groups -OCH3 is 1. The van der Waals surface area contributed by atoms with Crippen LogP contribution in [0.4, 0.5) is 5.69 Å². The largest absolute Gasteiger partial charge is 0.495 e. The average Bonchev–Trinajstić information content (AvgIpc) is 2.70. The maximum absolute atomic E-state index is 12.0. The average molecular weight is 280 g/mol. The molecule has 5 nitrogen and oxygen atoms in total. The van der Waals surface area contributed by atoms with Crippen molar-refractivity contribution in [2.75, 3.05) is 12.4 Å². The van der Waals surface area contributed by atoms with Gasteiger partial charge in [-0.25, -0.2) is 0 Å².